The van der Waals surface area contributed by atoms with Crippen LogP contribution >= 0.6 is 0 Å². The Labute approximate surface area is 131 Å². The summed E-state index contributed by atoms with van der Waals surface area (Å²) in [6.07, 6.45) is 2.12. The fraction of sp³-hybridized carbons (Fsp3) is 0.368. The lowest BCUT2D eigenvalue weighted by Gasteiger charge is -2.19. The number of ether oxygens (including phenoxy) is 1. The van der Waals surface area contributed by atoms with Gasteiger partial charge in [0.05, 0.1) is 13.2 Å². The summed E-state index contributed by atoms with van der Waals surface area (Å²) in [4.78, 5) is 0. The summed E-state index contributed by atoms with van der Waals surface area (Å²) in [5, 5.41) is 13.1. The highest BCUT2D eigenvalue weighted by Gasteiger charge is 2.19. The zero-order valence-electron chi connectivity index (χ0n) is 13.0. The predicted octanol–water partition coefficient (Wildman–Crippen LogP) is 3.49. The second-order valence-electron chi connectivity index (χ2n) is 5.89. The number of nitrogens with one attached hydrogen (secondary N) is 1. The van der Waals surface area contributed by atoms with Crippen LogP contribution in [0.1, 0.15) is 41.1 Å². The van der Waals surface area contributed by atoms with E-state index in [4.69, 9.17) is 4.74 Å². The van der Waals surface area contributed by atoms with Gasteiger partial charge >= 0.3 is 0 Å². The first-order chi connectivity index (χ1) is 10.8. The van der Waals surface area contributed by atoms with Crippen molar-refractivity contribution in [3.63, 3.8) is 0 Å². The van der Waals surface area contributed by atoms with Crippen LogP contribution in [0.3, 0.4) is 0 Å². The molecule has 1 atom stereocenters. The van der Waals surface area contributed by atoms with Gasteiger partial charge in [0.15, 0.2) is 0 Å². The molecule has 3 nitrogen and oxygen atoms in total. The van der Waals surface area contributed by atoms with E-state index in [9.17, 15) is 5.11 Å². The predicted molar refractivity (Wildman–Crippen MR) is 87.9 cm³/mol. The Morgan fingerprint density at radius 1 is 1.18 bits per heavy atom. The quantitative estimate of drug-likeness (QED) is 0.907. The third-order valence-electron chi connectivity index (χ3n) is 4.27. The SMILES string of the molecule is Cc1ccc2c(c1)OCCCC2NCc1ccccc1CO. The van der Waals surface area contributed by atoms with Crippen molar-refractivity contribution in [1.82, 2.24) is 5.32 Å². The number of benzene rings is 2. The van der Waals surface area contributed by atoms with Gasteiger partial charge in [-0.25, -0.2) is 0 Å². The molecule has 2 aromatic carbocycles. The molecule has 0 amide bonds. The molecule has 1 unspecified atom stereocenters. The molecule has 0 aliphatic carbocycles. The van der Waals surface area contributed by atoms with Crippen molar-refractivity contribution in [1.29, 1.82) is 0 Å². The van der Waals surface area contributed by atoms with Gasteiger partial charge in [-0.3, -0.25) is 0 Å². The Morgan fingerprint density at radius 2 is 2.00 bits per heavy atom. The van der Waals surface area contributed by atoms with E-state index in [1.165, 1.54) is 11.1 Å². The lowest BCUT2D eigenvalue weighted by molar-refractivity contribution is 0.280. The molecule has 1 aliphatic rings. The summed E-state index contributed by atoms with van der Waals surface area (Å²) < 4.78 is 5.88. The number of aryl methyl sites for hydroxylation is 1. The van der Waals surface area contributed by atoms with Crippen LogP contribution in [0.15, 0.2) is 42.5 Å². The number of aliphatic hydroxyl groups is 1. The Morgan fingerprint density at radius 3 is 2.82 bits per heavy atom. The number of aliphatic hydroxyl groups excluding tert-OH is 1. The maximum absolute atomic E-state index is 9.44. The molecule has 0 bridgehead atoms. The Kier molecular flexibility index (Phi) is 4.76. The summed E-state index contributed by atoms with van der Waals surface area (Å²) in [7, 11) is 0. The molecule has 1 heterocycles. The molecular formula is C19H23NO2. The van der Waals surface area contributed by atoms with Crippen LogP contribution < -0.4 is 10.1 Å². The van der Waals surface area contributed by atoms with E-state index in [1.807, 2.05) is 18.2 Å². The lowest BCUT2D eigenvalue weighted by atomic mass is 10.00. The molecule has 0 fully saturated rings. The van der Waals surface area contributed by atoms with Crippen molar-refractivity contribution in [2.45, 2.75) is 39.0 Å². The monoisotopic (exact) mass is 297 g/mol. The van der Waals surface area contributed by atoms with Gasteiger partial charge in [-0.15, -0.1) is 0 Å². The minimum atomic E-state index is 0.0847. The fourth-order valence-corrected chi connectivity index (χ4v) is 3.01. The molecule has 0 spiro atoms. The van der Waals surface area contributed by atoms with Gasteiger partial charge in [0.1, 0.15) is 5.75 Å². The zero-order valence-corrected chi connectivity index (χ0v) is 13.0. The topological polar surface area (TPSA) is 41.5 Å². The molecule has 2 aromatic rings. The largest absolute Gasteiger partial charge is 0.493 e. The van der Waals surface area contributed by atoms with E-state index in [0.717, 1.165) is 42.9 Å². The van der Waals surface area contributed by atoms with Gasteiger partial charge in [0, 0.05) is 18.2 Å². The summed E-state index contributed by atoms with van der Waals surface area (Å²) in [5.41, 5.74) is 4.61. The molecule has 0 saturated heterocycles. The van der Waals surface area contributed by atoms with Crippen molar-refractivity contribution in [2.75, 3.05) is 6.61 Å². The summed E-state index contributed by atoms with van der Waals surface area (Å²) >= 11 is 0. The maximum Gasteiger partial charge on any atom is 0.124 e. The van der Waals surface area contributed by atoms with E-state index >= 15 is 0 Å². The molecule has 116 valence electrons. The first kappa shape index (κ1) is 15.1. The fourth-order valence-electron chi connectivity index (χ4n) is 3.01. The van der Waals surface area contributed by atoms with Crippen molar-refractivity contribution in [3.05, 3.63) is 64.7 Å². The van der Waals surface area contributed by atoms with Crippen molar-refractivity contribution >= 4 is 0 Å². The Bertz CT molecular complexity index is 639. The maximum atomic E-state index is 9.44. The third kappa shape index (κ3) is 3.32. The molecular weight excluding hydrogens is 274 g/mol. The summed E-state index contributed by atoms with van der Waals surface area (Å²) in [5.74, 6) is 1.01. The Balaban J connectivity index is 1.78. The molecule has 3 heteroatoms. The number of hydrogen-bond acceptors (Lipinski definition) is 3. The van der Waals surface area contributed by atoms with Gasteiger partial charge in [0.2, 0.25) is 0 Å². The lowest BCUT2D eigenvalue weighted by Crippen LogP contribution is -2.21. The first-order valence-electron chi connectivity index (χ1n) is 7.92. The minimum absolute atomic E-state index is 0.0847. The number of fused-ring (bicyclic) bond motifs is 1. The molecule has 2 N–H and O–H groups in total. The van der Waals surface area contributed by atoms with Crippen LogP contribution in [-0.2, 0) is 13.2 Å². The standard InChI is InChI=1S/C19H23NO2/c1-14-8-9-17-18(7-4-10-22-19(17)11-14)20-12-15-5-2-3-6-16(15)13-21/h2-3,5-6,8-9,11,18,20-21H,4,7,10,12-13H2,1H3. The Hall–Kier alpha value is -1.84. The highest BCUT2D eigenvalue weighted by Crippen LogP contribution is 2.32. The summed E-state index contributed by atoms with van der Waals surface area (Å²) in [6, 6.07) is 14.8. The van der Waals surface area contributed by atoms with E-state index in [-0.39, 0.29) is 6.61 Å². The molecule has 0 aromatic heterocycles. The first-order valence-corrected chi connectivity index (χ1v) is 7.92. The smallest absolute Gasteiger partial charge is 0.124 e. The van der Waals surface area contributed by atoms with Gasteiger partial charge in [-0.05, 0) is 42.5 Å². The molecule has 22 heavy (non-hydrogen) atoms. The van der Waals surface area contributed by atoms with Crippen molar-refractivity contribution in [2.24, 2.45) is 0 Å². The van der Waals surface area contributed by atoms with Crippen LogP contribution in [0.5, 0.6) is 5.75 Å². The summed E-state index contributed by atoms with van der Waals surface area (Å²) in [6.45, 7) is 3.71. The van der Waals surface area contributed by atoms with Gasteiger partial charge in [-0.2, -0.15) is 0 Å². The van der Waals surface area contributed by atoms with E-state index in [2.05, 4.69) is 36.5 Å². The number of rotatable bonds is 4. The average Bonchev–Trinajstić information content (AvgIpc) is 2.74. The van der Waals surface area contributed by atoms with E-state index < -0.39 is 0 Å². The van der Waals surface area contributed by atoms with E-state index in [0.29, 0.717) is 6.04 Å². The minimum Gasteiger partial charge on any atom is -0.493 e. The second kappa shape index (κ2) is 6.95. The molecule has 0 radical (unpaired) electrons. The molecule has 0 saturated carbocycles. The zero-order chi connectivity index (χ0) is 15.4. The number of hydrogen-bond donors (Lipinski definition) is 2. The normalized spacial score (nSPS) is 17.5. The van der Waals surface area contributed by atoms with Crippen molar-refractivity contribution in [3.8, 4) is 5.75 Å². The third-order valence-corrected chi connectivity index (χ3v) is 4.27. The van der Waals surface area contributed by atoms with Crippen LogP contribution in [-0.4, -0.2) is 11.7 Å². The molecule has 3 rings (SSSR count). The second-order valence-corrected chi connectivity index (χ2v) is 5.89. The molecule has 1 aliphatic heterocycles. The van der Waals surface area contributed by atoms with E-state index in [1.54, 1.807) is 0 Å². The average molecular weight is 297 g/mol. The van der Waals surface area contributed by atoms with Crippen molar-refractivity contribution < 1.29 is 9.84 Å². The van der Waals surface area contributed by atoms with Crippen LogP contribution in [0.2, 0.25) is 0 Å². The van der Waals surface area contributed by atoms with Gasteiger partial charge < -0.3 is 15.2 Å². The van der Waals surface area contributed by atoms with Crippen LogP contribution in [0, 0.1) is 6.92 Å². The van der Waals surface area contributed by atoms with Gasteiger partial charge in [-0.1, -0.05) is 36.4 Å². The van der Waals surface area contributed by atoms with Gasteiger partial charge in [0.25, 0.3) is 0 Å². The van der Waals surface area contributed by atoms with Crippen LogP contribution in [0.4, 0.5) is 0 Å². The van der Waals surface area contributed by atoms with Crippen LogP contribution in [0.25, 0.3) is 0 Å². The highest BCUT2D eigenvalue weighted by atomic mass is 16.5. The highest BCUT2D eigenvalue weighted by molar-refractivity contribution is 5.40.